The van der Waals surface area contributed by atoms with Crippen molar-refractivity contribution < 1.29 is 66.7 Å². The van der Waals surface area contributed by atoms with E-state index in [0.717, 1.165) is 16.2 Å². The van der Waals surface area contributed by atoms with Gasteiger partial charge < -0.3 is 60.4 Å². The minimum atomic E-state index is -3.99. The molecule has 3 atom stereocenters. The number of amides is 3. The third-order valence-electron chi connectivity index (χ3n) is 12.8. The number of hydrogen-bond acceptors (Lipinski definition) is 18. The second-order valence-electron chi connectivity index (χ2n) is 17.4. The number of unbranched alkanes of at least 4 members (excludes halogenated alkanes) is 1. The van der Waals surface area contributed by atoms with Gasteiger partial charge in [-0.3, -0.25) is 14.4 Å². The van der Waals surface area contributed by atoms with Crippen LogP contribution < -0.4 is 35.5 Å². The molecule has 5 aromatic rings. The number of hydrogen-bond donors (Lipinski definition) is 7. The van der Waals surface area contributed by atoms with E-state index < -0.39 is 63.4 Å². The van der Waals surface area contributed by atoms with Crippen LogP contribution in [0.15, 0.2) is 77.0 Å². The summed E-state index contributed by atoms with van der Waals surface area (Å²) in [6.07, 6.45) is 0.538. The van der Waals surface area contributed by atoms with Crippen molar-refractivity contribution in [1.82, 2.24) is 35.4 Å². The summed E-state index contributed by atoms with van der Waals surface area (Å²) in [5, 5.41) is 51.6. The number of phenolic OH excluding ortho intramolecular Hbond substituents is 2. The number of nitrogens with zero attached hydrogens (tertiary/aromatic N) is 4. The van der Waals surface area contributed by atoms with Crippen LogP contribution in [0, 0.1) is 0 Å². The number of rotatable bonds is 16. The molecule has 0 radical (unpaired) electrons. The molecule has 0 bridgehead atoms. The number of fused-ring (bicyclic) bond motifs is 6. The molecule has 4 aliphatic rings. The van der Waals surface area contributed by atoms with Crippen molar-refractivity contribution in [2.24, 2.45) is 0 Å². The number of carboxylic acid groups (broad SMARTS) is 1. The Morgan fingerprint density at radius 1 is 0.932 bits per heavy atom. The first-order valence-electron chi connectivity index (χ1n) is 23.1. The van der Waals surface area contributed by atoms with E-state index in [-0.39, 0.29) is 86.7 Å². The van der Waals surface area contributed by atoms with Crippen molar-refractivity contribution in [1.29, 1.82) is 0 Å². The SMILES string of the molecule is COc1cc(C(=O)N2C[C@@H](NC(=O)c3sccc3S(=O)(=O)N3CCSCC3)C[C@H]2C(=O)N[C@@H](CCCCNC(=S)Nc2ccc3c(c2)C(=O)OC32c3ccc(O)cc3Oc3cc(O)ccc32)C(=O)O)c(OC)nn1. The fraction of sp³-hybridized carbons (Fsp3) is 0.333. The molecule has 22 nitrogen and oxygen atoms in total. The van der Waals surface area contributed by atoms with Crippen LogP contribution in [0.25, 0.3) is 0 Å². The molecule has 7 N–H and O–H groups in total. The molecule has 2 saturated heterocycles. The molecule has 3 aromatic carbocycles. The number of carboxylic acids is 1. The minimum Gasteiger partial charge on any atom is -0.508 e. The van der Waals surface area contributed by atoms with E-state index in [1.807, 2.05) is 0 Å². The Morgan fingerprint density at radius 2 is 1.64 bits per heavy atom. The highest BCUT2D eigenvalue weighted by molar-refractivity contribution is 7.99. The number of aliphatic carboxylic acids is 1. The maximum absolute atomic E-state index is 14.3. The number of thiophene rings is 1. The summed E-state index contributed by atoms with van der Waals surface area (Å²) in [5.41, 5.74) is 0.603. The zero-order chi connectivity index (χ0) is 52.5. The van der Waals surface area contributed by atoms with Crippen molar-refractivity contribution in [2.45, 2.75) is 54.3 Å². The average molecular weight is 1090 g/mol. The topological polar surface area (TPSA) is 297 Å². The van der Waals surface area contributed by atoms with Crippen molar-refractivity contribution >= 4 is 85.8 Å². The first-order valence-corrected chi connectivity index (χ1v) is 26.9. The molecule has 6 heterocycles. The molecule has 3 amide bonds. The number of likely N-dealkylation sites (tertiary alicyclic amines) is 1. The summed E-state index contributed by atoms with van der Waals surface area (Å²) in [6.45, 7) is 0.660. The highest BCUT2D eigenvalue weighted by Crippen LogP contribution is 2.57. The highest BCUT2D eigenvalue weighted by Gasteiger charge is 2.54. The van der Waals surface area contributed by atoms with Gasteiger partial charge in [0.05, 0.1) is 19.8 Å². The molecule has 2 aromatic heterocycles. The maximum Gasteiger partial charge on any atom is 0.340 e. The Bertz CT molecular complexity index is 3140. The Labute approximate surface area is 436 Å². The third-order valence-corrected chi connectivity index (χ3v) is 17.0. The van der Waals surface area contributed by atoms with Gasteiger partial charge in [-0.25, -0.2) is 18.0 Å². The van der Waals surface area contributed by atoms with Crippen LogP contribution in [0.3, 0.4) is 0 Å². The molecule has 2 fully saturated rings. The summed E-state index contributed by atoms with van der Waals surface area (Å²) in [6, 6.07) is 13.1. The summed E-state index contributed by atoms with van der Waals surface area (Å²) < 4.78 is 51.2. The summed E-state index contributed by atoms with van der Waals surface area (Å²) >= 11 is 8.12. The number of aromatic hydroxyl groups is 2. The standard InChI is InChI=1S/C48H48N8O14S4/c1-67-39-23-30(43(68-2)54-53-39)44(61)56-24-26(50-42(60)40-38(12-16-73-40)74(65,66)55-14-17-72-18-15-55)20-35(56)41(59)52-34(45(62)63)5-3-4-13-49-47(71)51-25-6-9-31-29(19-25)46(64)70-48(31)32-10-7-27(57)21-36(32)69-37-22-28(58)8-11-33(37)48/h6-12,16,19,21-23,26,34-35,57-58H,3-5,13-15,17-18,20,24H2,1-2H3,(H,50,60)(H,52,59)(H,62,63)(H2,49,51,71)/t26-,34-,35-/m0/s1. The summed E-state index contributed by atoms with van der Waals surface area (Å²) in [5.74, 6) is -2.85. The Kier molecular flexibility index (Phi) is 14.9. The lowest BCUT2D eigenvalue weighted by Gasteiger charge is -2.36. The fourth-order valence-electron chi connectivity index (χ4n) is 9.34. The molecule has 9 rings (SSSR count). The zero-order valence-electron chi connectivity index (χ0n) is 39.5. The molecular weight excluding hydrogens is 1040 g/mol. The molecule has 0 saturated carbocycles. The van der Waals surface area contributed by atoms with Gasteiger partial charge in [-0.1, -0.05) is 6.07 Å². The number of thiocarbonyl (C=S) groups is 1. The zero-order valence-corrected chi connectivity index (χ0v) is 42.8. The van der Waals surface area contributed by atoms with Gasteiger partial charge in [-0.2, -0.15) is 16.1 Å². The van der Waals surface area contributed by atoms with Gasteiger partial charge in [0, 0.05) is 84.3 Å². The number of sulfonamides is 1. The minimum absolute atomic E-state index is 0.0143. The molecule has 0 unspecified atom stereocenters. The van der Waals surface area contributed by atoms with Gasteiger partial charge in [0.25, 0.3) is 11.8 Å². The second kappa shape index (κ2) is 21.3. The van der Waals surface area contributed by atoms with Crippen LogP contribution in [-0.4, -0.2) is 148 Å². The van der Waals surface area contributed by atoms with Gasteiger partial charge in [0.15, 0.2) is 10.7 Å². The number of anilines is 1. The van der Waals surface area contributed by atoms with E-state index in [2.05, 4.69) is 31.5 Å². The van der Waals surface area contributed by atoms with Crippen molar-refractivity contribution in [2.75, 3.05) is 57.2 Å². The number of nitrogens with one attached hydrogen (secondary N) is 4. The lowest BCUT2D eigenvalue weighted by atomic mass is 9.77. The number of benzene rings is 3. The Hall–Kier alpha value is -7.26. The average Bonchev–Trinajstić information content (AvgIpc) is 4.13. The number of esters is 1. The number of phenols is 2. The lowest BCUT2D eigenvalue weighted by molar-refractivity contribution is -0.142. The van der Waals surface area contributed by atoms with Crippen LogP contribution in [0.4, 0.5) is 5.69 Å². The van der Waals surface area contributed by atoms with Crippen molar-refractivity contribution in [3.05, 3.63) is 105 Å². The van der Waals surface area contributed by atoms with Crippen molar-refractivity contribution in [3.8, 4) is 34.8 Å². The predicted molar refractivity (Wildman–Crippen MR) is 272 cm³/mol. The van der Waals surface area contributed by atoms with Gasteiger partial charge >= 0.3 is 11.9 Å². The van der Waals surface area contributed by atoms with E-state index in [1.165, 1.54) is 60.3 Å². The molecule has 1 spiro atoms. The quantitative estimate of drug-likeness (QED) is 0.0417. The number of carbonyl (C=O) groups is 5. The van der Waals surface area contributed by atoms with Crippen LogP contribution >= 0.6 is 35.3 Å². The number of thioether (sulfide) groups is 1. The van der Waals surface area contributed by atoms with E-state index >= 15 is 0 Å². The number of carbonyl (C=O) groups excluding carboxylic acids is 4. The van der Waals surface area contributed by atoms with E-state index in [9.17, 15) is 47.7 Å². The second-order valence-corrected chi connectivity index (χ2v) is 21.8. The highest BCUT2D eigenvalue weighted by atomic mass is 32.2. The molecule has 388 valence electrons. The maximum atomic E-state index is 14.3. The van der Waals surface area contributed by atoms with E-state index in [4.69, 9.17) is 31.2 Å². The van der Waals surface area contributed by atoms with Crippen LogP contribution in [0.5, 0.6) is 34.8 Å². The van der Waals surface area contributed by atoms with E-state index in [1.54, 1.807) is 42.1 Å². The monoisotopic (exact) mass is 1090 g/mol. The van der Waals surface area contributed by atoms with Crippen LogP contribution in [0.1, 0.15) is 72.8 Å². The molecule has 74 heavy (non-hydrogen) atoms. The number of methoxy groups -OCH3 is 2. The lowest BCUT2D eigenvalue weighted by Crippen LogP contribution is -2.51. The number of ether oxygens (including phenoxy) is 4. The van der Waals surface area contributed by atoms with Gasteiger partial charge in [-0.15, -0.1) is 21.5 Å². The Morgan fingerprint density at radius 3 is 2.31 bits per heavy atom. The first kappa shape index (κ1) is 51.6. The molecule has 4 aliphatic heterocycles. The summed E-state index contributed by atoms with van der Waals surface area (Å²) in [4.78, 5) is 69.3. The smallest absolute Gasteiger partial charge is 0.340 e. The third kappa shape index (κ3) is 10.1. The van der Waals surface area contributed by atoms with E-state index in [0.29, 0.717) is 59.8 Å². The van der Waals surface area contributed by atoms with Crippen LogP contribution in [-0.2, 0) is 30.0 Å². The van der Waals surface area contributed by atoms with Gasteiger partial charge in [0.1, 0.15) is 50.4 Å². The molecular formula is C48H48N8O14S4. The van der Waals surface area contributed by atoms with Crippen molar-refractivity contribution in [3.63, 3.8) is 0 Å². The van der Waals surface area contributed by atoms with Gasteiger partial charge in [0.2, 0.25) is 27.7 Å². The number of aromatic nitrogens is 2. The summed E-state index contributed by atoms with van der Waals surface area (Å²) in [7, 11) is -1.40. The Balaban J connectivity index is 0.832. The normalized spacial score (nSPS) is 17.9. The first-order chi connectivity index (χ1) is 35.5. The predicted octanol–water partition coefficient (Wildman–Crippen LogP) is 4.01. The van der Waals surface area contributed by atoms with Gasteiger partial charge in [-0.05, 0) is 85.7 Å². The fourth-order valence-corrected chi connectivity index (χ4v) is 13.4. The largest absolute Gasteiger partial charge is 0.508 e. The molecule has 26 heteroatoms. The molecule has 0 aliphatic carbocycles. The van der Waals surface area contributed by atoms with Crippen LogP contribution in [0.2, 0.25) is 0 Å².